The van der Waals surface area contributed by atoms with Gasteiger partial charge in [0.25, 0.3) is 17.5 Å². The molecule has 4 aromatic carbocycles. The Hall–Kier alpha value is -5.67. The highest BCUT2D eigenvalue weighted by atomic mass is 33.1. The zero-order valence-corrected chi connectivity index (χ0v) is 29.1. The van der Waals surface area contributed by atoms with Crippen molar-refractivity contribution < 1.29 is 41.9 Å². The Morgan fingerprint density at radius 3 is 2.08 bits per heavy atom. The van der Waals surface area contributed by atoms with Gasteiger partial charge in [-0.05, 0) is 61.4 Å². The predicted octanol–water partition coefficient (Wildman–Crippen LogP) is 5.25. The molecule has 1 aliphatic heterocycles. The van der Waals surface area contributed by atoms with Gasteiger partial charge in [-0.15, -0.1) is 0 Å². The van der Waals surface area contributed by atoms with Crippen molar-refractivity contribution in [2.45, 2.75) is 43.4 Å². The number of non-ortho nitro benzene ring substituents is 1. The summed E-state index contributed by atoms with van der Waals surface area (Å²) in [6.07, 6.45) is 0. The lowest BCUT2D eigenvalue weighted by atomic mass is 10.1. The molecule has 0 saturated carbocycles. The number of β-lactam (4-membered cyclic amide) rings is 1. The summed E-state index contributed by atoms with van der Waals surface area (Å²) >= 11 is 0. The minimum Gasteiger partial charge on any atom is -0.491 e. The van der Waals surface area contributed by atoms with Crippen LogP contribution in [0.15, 0.2) is 126 Å². The first-order chi connectivity index (χ1) is 24.4. The van der Waals surface area contributed by atoms with Gasteiger partial charge in [0.15, 0.2) is 12.3 Å². The predicted molar refractivity (Wildman–Crippen MR) is 187 cm³/mol. The van der Waals surface area contributed by atoms with Crippen LogP contribution in [-0.2, 0) is 45.9 Å². The van der Waals surface area contributed by atoms with Crippen molar-refractivity contribution in [1.29, 1.82) is 0 Å². The molecule has 2 amide bonds. The molecule has 51 heavy (non-hydrogen) atoms. The lowest BCUT2D eigenvalue weighted by Gasteiger charge is -2.46. The van der Waals surface area contributed by atoms with Crippen LogP contribution in [0, 0.1) is 17.0 Å². The van der Waals surface area contributed by atoms with Gasteiger partial charge in [-0.25, -0.2) is 13.2 Å². The maximum atomic E-state index is 13.8. The number of hydrogen-bond acceptors (Lipinski definition) is 11. The Kier molecular flexibility index (Phi) is 11.7. The summed E-state index contributed by atoms with van der Waals surface area (Å²) in [7, 11) is -3.77. The Balaban J connectivity index is 1.45. The molecule has 15 heteroatoms. The van der Waals surface area contributed by atoms with E-state index in [0.717, 1.165) is 16.0 Å². The van der Waals surface area contributed by atoms with Crippen LogP contribution in [-0.4, -0.2) is 54.0 Å². The summed E-state index contributed by atoms with van der Waals surface area (Å²) in [6.45, 7) is 2.45. The smallest absolute Gasteiger partial charge is 0.358 e. The Labute approximate surface area is 297 Å². The van der Waals surface area contributed by atoms with Crippen molar-refractivity contribution in [3.63, 3.8) is 0 Å². The molecule has 264 valence electrons. The molecule has 1 N–H and O–H groups in total. The number of para-hydroxylation sites is 1. The number of nitrogens with zero attached hydrogens (tertiary/aromatic N) is 2. The summed E-state index contributed by atoms with van der Waals surface area (Å²) in [5, 5.41) is 12.3. The van der Waals surface area contributed by atoms with Gasteiger partial charge in [0.2, 0.25) is 8.87 Å². The Morgan fingerprint density at radius 2 is 1.45 bits per heavy atom. The van der Waals surface area contributed by atoms with Crippen molar-refractivity contribution in [2.24, 2.45) is 0 Å². The number of nitro benzene ring substituents is 1. The van der Waals surface area contributed by atoms with Gasteiger partial charge in [-0.3, -0.25) is 24.6 Å². The fourth-order valence-corrected chi connectivity index (χ4v) is 8.35. The van der Waals surface area contributed by atoms with E-state index in [2.05, 4.69) is 5.32 Å². The van der Waals surface area contributed by atoms with E-state index < -0.39 is 49.6 Å². The van der Waals surface area contributed by atoms with E-state index in [0.29, 0.717) is 22.1 Å². The summed E-state index contributed by atoms with van der Waals surface area (Å²) in [5.74, 6) is -2.14. The van der Waals surface area contributed by atoms with Gasteiger partial charge in [-0.1, -0.05) is 66.2 Å². The van der Waals surface area contributed by atoms with Crippen LogP contribution in [0.3, 0.4) is 0 Å². The van der Waals surface area contributed by atoms with E-state index in [1.54, 1.807) is 73.7 Å². The molecule has 0 radical (unpaired) electrons. The number of allylic oxidation sites excluding steroid dienone is 1. The maximum absolute atomic E-state index is 13.8. The summed E-state index contributed by atoms with van der Waals surface area (Å²) in [6, 6.07) is 27.6. The second-order valence-corrected chi connectivity index (χ2v) is 15.2. The Bertz CT molecular complexity index is 2020. The minimum atomic E-state index is -4.15. The molecule has 5 rings (SSSR count). The van der Waals surface area contributed by atoms with Crippen molar-refractivity contribution in [3.8, 4) is 5.75 Å². The highest BCUT2D eigenvalue weighted by Crippen LogP contribution is 2.40. The van der Waals surface area contributed by atoms with Crippen molar-refractivity contribution in [2.75, 3.05) is 6.61 Å². The topological polar surface area (TPSA) is 171 Å². The van der Waals surface area contributed by atoms with Crippen LogP contribution in [0.2, 0.25) is 0 Å². The van der Waals surface area contributed by atoms with E-state index in [9.17, 15) is 32.9 Å². The Morgan fingerprint density at radius 1 is 0.863 bits per heavy atom. The lowest BCUT2D eigenvalue weighted by Crippen LogP contribution is -2.70. The highest BCUT2D eigenvalue weighted by Gasteiger charge is 2.55. The number of benzene rings is 4. The highest BCUT2D eigenvalue weighted by molar-refractivity contribution is 8.72. The van der Waals surface area contributed by atoms with Gasteiger partial charge in [0.1, 0.15) is 36.1 Å². The molecule has 2 unspecified atom stereocenters. The van der Waals surface area contributed by atoms with Gasteiger partial charge < -0.3 is 19.5 Å². The van der Waals surface area contributed by atoms with Gasteiger partial charge in [0, 0.05) is 22.9 Å². The third kappa shape index (κ3) is 9.32. The number of nitrogens with one attached hydrogen (secondary N) is 1. The molecule has 1 aliphatic rings. The summed E-state index contributed by atoms with van der Waals surface area (Å²) < 4.78 is 44.3. The van der Waals surface area contributed by atoms with Gasteiger partial charge >= 0.3 is 5.97 Å². The van der Waals surface area contributed by atoms with Crippen molar-refractivity contribution in [3.05, 3.63) is 147 Å². The number of esters is 1. The second kappa shape index (κ2) is 16.4. The molecular formula is C36H33N3O10S2. The first kappa shape index (κ1) is 36.6. The SMILES string of the molecule is C/C(OCc1ccccc1)=C(\C(=O)OCc1ccc([N+](=O)[O-])cc1)N1C(=O)C(NC(=O)COc2ccccc2)C1SS(=O)(=O)c1ccc(C)cc1. The number of ether oxygens (including phenoxy) is 3. The van der Waals surface area contributed by atoms with Crippen molar-refractivity contribution in [1.82, 2.24) is 10.2 Å². The lowest BCUT2D eigenvalue weighted by molar-refractivity contribution is -0.384. The molecule has 0 bridgehead atoms. The largest absolute Gasteiger partial charge is 0.491 e. The molecule has 1 fully saturated rings. The second-order valence-electron chi connectivity index (χ2n) is 11.3. The standard InChI is InChI=1S/C36H33N3O10S2/c1-24-13-19-30(20-14-24)51(45,46)50-35-32(37-31(40)23-48-29-11-7-4-8-12-29)34(41)38(35)33(25(2)47-21-26-9-5-3-6-10-26)36(42)49-22-27-15-17-28(18-16-27)39(43)44/h3-20,32,35H,21-23H2,1-2H3,(H,37,40)/b33-25-. The van der Waals surface area contributed by atoms with Crippen LogP contribution in [0.5, 0.6) is 5.75 Å². The minimum absolute atomic E-state index is 0.00427. The van der Waals surface area contributed by atoms with E-state index >= 15 is 0 Å². The fraction of sp³-hybridized carbons (Fsp3) is 0.194. The number of carbonyl (C=O) groups excluding carboxylic acids is 3. The van der Waals surface area contributed by atoms with E-state index in [1.165, 1.54) is 43.3 Å². The number of rotatable bonds is 15. The summed E-state index contributed by atoms with van der Waals surface area (Å²) in [4.78, 5) is 52.0. The van der Waals surface area contributed by atoms with Crippen LogP contribution in [0.25, 0.3) is 0 Å². The molecule has 0 spiro atoms. The normalized spacial score (nSPS) is 16.0. The van der Waals surface area contributed by atoms with E-state index in [1.807, 2.05) is 6.07 Å². The molecule has 0 aromatic heterocycles. The zero-order chi connectivity index (χ0) is 36.5. The number of amides is 2. The molecule has 1 saturated heterocycles. The average Bonchev–Trinajstić information content (AvgIpc) is 3.13. The van der Waals surface area contributed by atoms with Crippen LogP contribution < -0.4 is 10.1 Å². The monoisotopic (exact) mass is 731 g/mol. The number of hydrogen-bond donors (Lipinski definition) is 1. The van der Waals surface area contributed by atoms with Crippen molar-refractivity contribution >= 4 is 43.1 Å². The van der Waals surface area contributed by atoms with Crippen LogP contribution in [0.1, 0.15) is 23.6 Å². The maximum Gasteiger partial charge on any atom is 0.358 e. The number of nitro groups is 1. The number of likely N-dealkylation sites (tertiary alicyclic amines) is 1. The van der Waals surface area contributed by atoms with Gasteiger partial charge in [0.05, 0.1) is 9.82 Å². The zero-order valence-electron chi connectivity index (χ0n) is 27.5. The van der Waals surface area contributed by atoms with E-state index in [-0.39, 0.29) is 35.3 Å². The molecule has 4 aromatic rings. The van der Waals surface area contributed by atoms with E-state index in [4.69, 9.17) is 14.2 Å². The van der Waals surface area contributed by atoms with Gasteiger partial charge in [-0.2, -0.15) is 0 Å². The number of aryl methyl sites for hydroxylation is 1. The summed E-state index contributed by atoms with van der Waals surface area (Å²) in [5.41, 5.74) is 1.47. The molecule has 2 atom stereocenters. The molecule has 13 nitrogen and oxygen atoms in total. The third-order valence-corrected chi connectivity index (χ3v) is 11.3. The average molecular weight is 732 g/mol. The van der Waals surface area contributed by atoms with Crippen LogP contribution >= 0.6 is 10.8 Å². The molecular weight excluding hydrogens is 699 g/mol. The first-order valence-corrected chi connectivity index (χ1v) is 18.4. The fourth-order valence-electron chi connectivity index (χ4n) is 4.88. The first-order valence-electron chi connectivity index (χ1n) is 15.5. The molecule has 1 heterocycles. The number of carbonyl (C=O) groups is 3. The molecule has 0 aliphatic carbocycles. The quantitative estimate of drug-likeness (QED) is 0.0322. The van der Waals surface area contributed by atoms with Crippen LogP contribution in [0.4, 0.5) is 5.69 Å². The third-order valence-electron chi connectivity index (χ3n) is 7.59.